The average molecular weight is 344 g/mol. The molecule has 0 spiro atoms. The number of nitrogens with zero attached hydrogens (tertiary/aromatic N) is 2. The van der Waals surface area contributed by atoms with Gasteiger partial charge in [0.2, 0.25) is 0 Å². The Labute approximate surface area is 147 Å². The van der Waals surface area contributed by atoms with Crippen LogP contribution in [0.2, 0.25) is 0 Å². The number of ether oxygens (including phenoxy) is 1. The standard InChI is InChI=1S/C19H24N2O4/c22-17(14-4-2-1-3-5-14)21-11-15-10-20(16-6-8-25-9-7-16)12-19(15,13-21)18(23)24/h1-5,15-16H,6-13H2,(H,23,24)/t15-,19-/m1/s1. The zero-order valence-electron chi connectivity index (χ0n) is 14.3. The van der Waals surface area contributed by atoms with Crippen LogP contribution in [0.15, 0.2) is 30.3 Å². The number of aliphatic carboxylic acids is 1. The minimum atomic E-state index is -0.831. The van der Waals surface area contributed by atoms with Crippen molar-refractivity contribution in [3.8, 4) is 0 Å². The molecule has 25 heavy (non-hydrogen) atoms. The van der Waals surface area contributed by atoms with Crippen LogP contribution in [0.4, 0.5) is 0 Å². The van der Waals surface area contributed by atoms with Gasteiger partial charge in [0.1, 0.15) is 5.41 Å². The number of carbonyl (C=O) groups is 2. The molecule has 134 valence electrons. The largest absolute Gasteiger partial charge is 0.481 e. The number of fused-ring (bicyclic) bond motifs is 1. The van der Waals surface area contributed by atoms with Crippen molar-refractivity contribution in [3.63, 3.8) is 0 Å². The molecule has 1 amide bonds. The normalized spacial score (nSPS) is 30.4. The number of carboxylic acid groups (broad SMARTS) is 1. The summed E-state index contributed by atoms with van der Waals surface area (Å²) in [7, 11) is 0. The van der Waals surface area contributed by atoms with Crippen LogP contribution in [-0.4, -0.2) is 72.2 Å². The van der Waals surface area contributed by atoms with Crippen LogP contribution >= 0.6 is 0 Å². The summed E-state index contributed by atoms with van der Waals surface area (Å²) >= 11 is 0. The van der Waals surface area contributed by atoms with Gasteiger partial charge >= 0.3 is 5.97 Å². The molecule has 0 aliphatic carbocycles. The Kier molecular flexibility index (Phi) is 4.25. The van der Waals surface area contributed by atoms with Gasteiger partial charge in [0, 0.05) is 56.9 Å². The highest BCUT2D eigenvalue weighted by molar-refractivity contribution is 5.95. The molecule has 0 aromatic heterocycles. The third kappa shape index (κ3) is 2.83. The Morgan fingerprint density at radius 3 is 2.44 bits per heavy atom. The van der Waals surface area contributed by atoms with E-state index in [2.05, 4.69) is 4.90 Å². The van der Waals surface area contributed by atoms with E-state index in [1.54, 1.807) is 17.0 Å². The molecule has 4 rings (SSSR count). The summed E-state index contributed by atoms with van der Waals surface area (Å²) in [6.45, 7) is 3.64. The van der Waals surface area contributed by atoms with E-state index < -0.39 is 11.4 Å². The molecule has 1 aromatic rings. The Bertz CT molecular complexity index is 659. The maximum absolute atomic E-state index is 12.7. The van der Waals surface area contributed by atoms with Gasteiger partial charge in [-0.05, 0) is 25.0 Å². The quantitative estimate of drug-likeness (QED) is 0.896. The van der Waals surface area contributed by atoms with Gasteiger partial charge in [-0.2, -0.15) is 0 Å². The first kappa shape index (κ1) is 16.5. The monoisotopic (exact) mass is 344 g/mol. The fraction of sp³-hybridized carbons (Fsp3) is 0.579. The number of hydrogen-bond acceptors (Lipinski definition) is 4. The number of benzene rings is 1. The minimum Gasteiger partial charge on any atom is -0.481 e. The van der Waals surface area contributed by atoms with Crippen molar-refractivity contribution < 1.29 is 19.4 Å². The SMILES string of the molecule is O=C(c1ccccc1)N1C[C@H]2CN(C3CCOCC3)C[C@@]2(C(=O)O)C1. The first-order valence-corrected chi connectivity index (χ1v) is 9.00. The van der Waals surface area contributed by atoms with E-state index in [1.807, 2.05) is 18.2 Å². The second-order valence-electron chi connectivity index (χ2n) is 7.48. The second kappa shape index (κ2) is 6.42. The first-order valence-electron chi connectivity index (χ1n) is 9.00. The van der Waals surface area contributed by atoms with Gasteiger partial charge in [0.05, 0.1) is 0 Å². The third-order valence-corrected chi connectivity index (χ3v) is 6.08. The van der Waals surface area contributed by atoms with Crippen LogP contribution in [0.3, 0.4) is 0 Å². The van der Waals surface area contributed by atoms with Crippen molar-refractivity contribution in [1.82, 2.24) is 9.80 Å². The van der Waals surface area contributed by atoms with E-state index in [-0.39, 0.29) is 11.8 Å². The molecule has 2 atom stereocenters. The predicted octanol–water partition coefficient (Wildman–Crippen LogP) is 1.32. The number of carboxylic acids is 1. The highest BCUT2D eigenvalue weighted by atomic mass is 16.5. The van der Waals surface area contributed by atoms with Crippen LogP contribution in [0, 0.1) is 11.3 Å². The topological polar surface area (TPSA) is 70.1 Å². The molecule has 0 bridgehead atoms. The smallest absolute Gasteiger partial charge is 0.313 e. The zero-order chi connectivity index (χ0) is 17.4. The van der Waals surface area contributed by atoms with E-state index >= 15 is 0 Å². The Morgan fingerprint density at radius 2 is 1.80 bits per heavy atom. The lowest BCUT2D eigenvalue weighted by Crippen LogP contribution is -2.45. The molecular formula is C19H24N2O4. The summed E-state index contributed by atoms with van der Waals surface area (Å²) in [5.74, 6) is -0.829. The highest BCUT2D eigenvalue weighted by Gasteiger charge is 2.59. The van der Waals surface area contributed by atoms with E-state index in [4.69, 9.17) is 4.74 Å². The lowest BCUT2D eigenvalue weighted by atomic mass is 9.81. The van der Waals surface area contributed by atoms with Crippen LogP contribution < -0.4 is 0 Å². The second-order valence-corrected chi connectivity index (χ2v) is 7.48. The van der Waals surface area contributed by atoms with Crippen LogP contribution in [0.25, 0.3) is 0 Å². The molecule has 6 heteroatoms. The lowest BCUT2D eigenvalue weighted by Gasteiger charge is -2.33. The molecule has 3 heterocycles. The fourth-order valence-corrected chi connectivity index (χ4v) is 4.65. The van der Waals surface area contributed by atoms with Crippen molar-refractivity contribution in [2.45, 2.75) is 18.9 Å². The summed E-state index contributed by atoms with van der Waals surface area (Å²) < 4.78 is 5.43. The number of carbonyl (C=O) groups excluding carboxylic acids is 1. The van der Waals surface area contributed by atoms with E-state index in [0.29, 0.717) is 31.2 Å². The predicted molar refractivity (Wildman–Crippen MR) is 91.3 cm³/mol. The van der Waals surface area contributed by atoms with Gasteiger partial charge in [-0.3, -0.25) is 14.5 Å². The summed E-state index contributed by atoms with van der Waals surface area (Å²) in [5.41, 5.74) is -0.202. The molecular weight excluding hydrogens is 320 g/mol. The Hall–Kier alpha value is -1.92. The summed E-state index contributed by atoms with van der Waals surface area (Å²) in [4.78, 5) is 28.9. The molecule has 3 saturated heterocycles. The first-order chi connectivity index (χ1) is 12.1. The molecule has 1 N–H and O–H groups in total. The third-order valence-electron chi connectivity index (χ3n) is 6.08. The van der Waals surface area contributed by atoms with E-state index in [0.717, 1.165) is 32.6 Å². The van der Waals surface area contributed by atoms with Gasteiger partial charge in [-0.1, -0.05) is 18.2 Å². The average Bonchev–Trinajstić information content (AvgIpc) is 3.18. The maximum Gasteiger partial charge on any atom is 0.313 e. The fourth-order valence-electron chi connectivity index (χ4n) is 4.65. The summed E-state index contributed by atoms with van der Waals surface area (Å²) in [6.07, 6.45) is 1.93. The van der Waals surface area contributed by atoms with Crippen molar-refractivity contribution in [1.29, 1.82) is 0 Å². The van der Waals surface area contributed by atoms with Gasteiger partial charge in [0.15, 0.2) is 0 Å². The van der Waals surface area contributed by atoms with Gasteiger partial charge in [0.25, 0.3) is 5.91 Å². The highest BCUT2D eigenvalue weighted by Crippen LogP contribution is 2.44. The van der Waals surface area contributed by atoms with E-state index in [1.165, 1.54) is 0 Å². The van der Waals surface area contributed by atoms with Gasteiger partial charge in [-0.25, -0.2) is 0 Å². The van der Waals surface area contributed by atoms with Gasteiger partial charge in [-0.15, -0.1) is 0 Å². The van der Waals surface area contributed by atoms with Crippen LogP contribution in [0.5, 0.6) is 0 Å². The molecule has 1 aromatic carbocycles. The zero-order valence-corrected chi connectivity index (χ0v) is 14.3. The number of rotatable bonds is 3. The molecule has 0 unspecified atom stereocenters. The van der Waals surface area contributed by atoms with Crippen LogP contribution in [-0.2, 0) is 9.53 Å². The number of amides is 1. The molecule has 3 fully saturated rings. The molecule has 0 radical (unpaired) electrons. The molecule has 3 aliphatic heterocycles. The molecule has 0 saturated carbocycles. The summed E-state index contributed by atoms with van der Waals surface area (Å²) in [6, 6.07) is 9.54. The Balaban J connectivity index is 1.51. The van der Waals surface area contributed by atoms with Crippen molar-refractivity contribution >= 4 is 11.9 Å². The number of hydrogen-bond donors (Lipinski definition) is 1. The van der Waals surface area contributed by atoms with Crippen LogP contribution in [0.1, 0.15) is 23.2 Å². The van der Waals surface area contributed by atoms with Crippen molar-refractivity contribution in [2.75, 3.05) is 39.4 Å². The Morgan fingerprint density at radius 1 is 1.08 bits per heavy atom. The number of likely N-dealkylation sites (tertiary alicyclic amines) is 2. The van der Waals surface area contributed by atoms with Crippen molar-refractivity contribution in [3.05, 3.63) is 35.9 Å². The van der Waals surface area contributed by atoms with Gasteiger partial charge < -0.3 is 14.7 Å². The minimum absolute atomic E-state index is 0.000470. The van der Waals surface area contributed by atoms with Crippen molar-refractivity contribution in [2.24, 2.45) is 11.3 Å². The van der Waals surface area contributed by atoms with E-state index in [9.17, 15) is 14.7 Å². The summed E-state index contributed by atoms with van der Waals surface area (Å²) in [5, 5.41) is 9.97. The molecule has 3 aliphatic rings. The maximum atomic E-state index is 12.7. The lowest BCUT2D eigenvalue weighted by molar-refractivity contribution is -0.148. The molecule has 6 nitrogen and oxygen atoms in total.